The third-order valence-electron chi connectivity index (χ3n) is 6.34. The summed E-state index contributed by atoms with van der Waals surface area (Å²) in [7, 11) is 0. The van der Waals surface area contributed by atoms with Crippen molar-refractivity contribution < 1.29 is 29.1 Å². The summed E-state index contributed by atoms with van der Waals surface area (Å²) in [5, 5.41) is 18.4. The van der Waals surface area contributed by atoms with Crippen LogP contribution in [0.2, 0.25) is 0 Å². The molecule has 0 saturated carbocycles. The molecule has 0 fully saturated rings. The van der Waals surface area contributed by atoms with Gasteiger partial charge in [-0.25, -0.2) is 4.79 Å². The van der Waals surface area contributed by atoms with Crippen molar-refractivity contribution in [3.63, 3.8) is 0 Å². The molecule has 2 aromatic rings. The minimum atomic E-state index is -1.25. The lowest BCUT2D eigenvalue weighted by molar-refractivity contribution is -0.142. The summed E-state index contributed by atoms with van der Waals surface area (Å²) in [5.74, 6) is -3.20. The minimum Gasteiger partial charge on any atom is -0.480 e. The number of primary amides is 1. The second-order valence-corrected chi connectivity index (χ2v) is 11.1. The Morgan fingerprint density at radius 3 is 2.20 bits per heavy atom. The summed E-state index contributed by atoms with van der Waals surface area (Å²) in [6, 6.07) is 3.06. The fourth-order valence-corrected chi connectivity index (χ4v) is 4.67. The summed E-state index contributed by atoms with van der Waals surface area (Å²) in [6.45, 7) is 3.70. The standard InChI is InChI=1S/C27H40N6O6S/c1-15(2)12-21(32-25(36)20(8-9-23(29)34)31-24(35)18(28)10-11-40-3)26(37)33-22(27(38)39)13-16-14-30-19-7-5-4-6-17(16)19/h4-7,14-15,18,20-22,30H,8-13,28H2,1-3H3,(H2,29,34)(H,31,35)(H,32,36)(H,33,37)(H,38,39). The lowest BCUT2D eigenvalue weighted by Crippen LogP contribution is -2.57. The van der Waals surface area contributed by atoms with Crippen LogP contribution in [0.3, 0.4) is 0 Å². The van der Waals surface area contributed by atoms with Gasteiger partial charge in [-0.15, -0.1) is 0 Å². The van der Waals surface area contributed by atoms with Gasteiger partial charge in [-0.2, -0.15) is 11.8 Å². The summed E-state index contributed by atoms with van der Waals surface area (Å²) < 4.78 is 0. The monoisotopic (exact) mass is 576 g/mol. The van der Waals surface area contributed by atoms with Gasteiger partial charge in [-0.05, 0) is 48.8 Å². The number of H-pyrrole nitrogens is 1. The molecule has 0 aliphatic heterocycles. The Hall–Kier alpha value is -3.58. The van der Waals surface area contributed by atoms with Crippen LogP contribution in [0.1, 0.15) is 45.1 Å². The highest BCUT2D eigenvalue weighted by Crippen LogP contribution is 2.19. The number of benzene rings is 1. The third-order valence-corrected chi connectivity index (χ3v) is 6.98. The van der Waals surface area contributed by atoms with Gasteiger partial charge in [0.15, 0.2) is 0 Å². The number of rotatable bonds is 17. The number of aromatic nitrogens is 1. The van der Waals surface area contributed by atoms with Gasteiger partial charge < -0.3 is 37.5 Å². The highest BCUT2D eigenvalue weighted by Gasteiger charge is 2.31. The molecule has 0 bridgehead atoms. The largest absolute Gasteiger partial charge is 0.480 e. The molecule has 0 saturated heterocycles. The highest BCUT2D eigenvalue weighted by molar-refractivity contribution is 7.98. The molecular weight excluding hydrogens is 536 g/mol. The van der Waals surface area contributed by atoms with E-state index in [-0.39, 0.29) is 31.6 Å². The van der Waals surface area contributed by atoms with Crippen molar-refractivity contribution in [1.82, 2.24) is 20.9 Å². The Kier molecular flexibility index (Phi) is 12.9. The van der Waals surface area contributed by atoms with E-state index in [1.807, 2.05) is 44.4 Å². The molecule has 0 spiro atoms. The maximum atomic E-state index is 13.3. The smallest absolute Gasteiger partial charge is 0.326 e. The zero-order valence-corrected chi connectivity index (χ0v) is 23.9. The molecule has 13 heteroatoms. The Labute approximate surface area is 237 Å². The number of hydrogen-bond acceptors (Lipinski definition) is 7. The Balaban J connectivity index is 2.18. The van der Waals surface area contributed by atoms with Crippen LogP contribution in [0, 0.1) is 5.92 Å². The number of carbonyl (C=O) groups is 5. The quantitative estimate of drug-likeness (QED) is 0.142. The van der Waals surface area contributed by atoms with Gasteiger partial charge in [0.25, 0.3) is 0 Å². The van der Waals surface area contributed by atoms with Crippen LogP contribution in [0.25, 0.3) is 10.9 Å². The number of carbonyl (C=O) groups excluding carboxylic acids is 4. The number of hydrogen-bond donors (Lipinski definition) is 7. The zero-order chi connectivity index (χ0) is 29.8. The molecule has 4 atom stereocenters. The van der Waals surface area contributed by atoms with E-state index < -0.39 is 53.8 Å². The average molecular weight is 577 g/mol. The molecule has 1 aromatic heterocycles. The second-order valence-electron chi connectivity index (χ2n) is 10.1. The maximum Gasteiger partial charge on any atom is 0.326 e. The fourth-order valence-electron chi connectivity index (χ4n) is 4.18. The Morgan fingerprint density at radius 1 is 0.950 bits per heavy atom. The lowest BCUT2D eigenvalue weighted by Gasteiger charge is -2.26. The number of carboxylic acids is 1. The van der Waals surface area contributed by atoms with E-state index in [1.54, 1.807) is 6.20 Å². The zero-order valence-electron chi connectivity index (χ0n) is 23.1. The second kappa shape index (κ2) is 15.9. The SMILES string of the molecule is CSCCC(N)C(=O)NC(CCC(N)=O)C(=O)NC(CC(C)C)C(=O)NC(Cc1c[nH]c2ccccc12)C(=O)O. The van der Waals surface area contributed by atoms with Crippen molar-refractivity contribution in [3.8, 4) is 0 Å². The van der Waals surface area contributed by atoms with Crippen LogP contribution in [0.5, 0.6) is 0 Å². The van der Waals surface area contributed by atoms with E-state index in [0.717, 1.165) is 16.5 Å². The molecule has 1 heterocycles. The van der Waals surface area contributed by atoms with Gasteiger partial charge in [0.1, 0.15) is 18.1 Å². The number of aliphatic carboxylic acids is 1. The summed E-state index contributed by atoms with van der Waals surface area (Å²) in [5.41, 5.74) is 12.7. The van der Waals surface area contributed by atoms with Gasteiger partial charge >= 0.3 is 5.97 Å². The van der Waals surface area contributed by atoms with Crippen LogP contribution in [-0.4, -0.2) is 75.9 Å². The van der Waals surface area contributed by atoms with Gasteiger partial charge in [-0.3, -0.25) is 19.2 Å². The number of nitrogens with one attached hydrogen (secondary N) is 4. The molecule has 0 aliphatic rings. The van der Waals surface area contributed by atoms with Crippen molar-refractivity contribution in [1.29, 1.82) is 0 Å². The predicted molar refractivity (Wildman–Crippen MR) is 154 cm³/mol. The molecule has 9 N–H and O–H groups in total. The predicted octanol–water partition coefficient (Wildman–Crippen LogP) is 0.641. The topological polar surface area (TPSA) is 209 Å². The van der Waals surface area contributed by atoms with E-state index in [2.05, 4.69) is 20.9 Å². The van der Waals surface area contributed by atoms with Crippen molar-refractivity contribution in [3.05, 3.63) is 36.0 Å². The normalized spacial score (nSPS) is 14.2. The van der Waals surface area contributed by atoms with E-state index in [0.29, 0.717) is 12.2 Å². The van der Waals surface area contributed by atoms with Gasteiger partial charge in [0.05, 0.1) is 6.04 Å². The van der Waals surface area contributed by atoms with Crippen LogP contribution >= 0.6 is 11.8 Å². The maximum absolute atomic E-state index is 13.3. The van der Waals surface area contributed by atoms with Gasteiger partial charge in [0, 0.05) is 29.9 Å². The molecule has 4 unspecified atom stereocenters. The van der Waals surface area contributed by atoms with Crippen LogP contribution < -0.4 is 27.4 Å². The first-order valence-electron chi connectivity index (χ1n) is 13.1. The lowest BCUT2D eigenvalue weighted by atomic mass is 10.0. The van der Waals surface area contributed by atoms with Crippen LogP contribution in [0.4, 0.5) is 0 Å². The Bertz CT molecular complexity index is 1190. The number of nitrogens with two attached hydrogens (primary N) is 2. The van der Waals surface area contributed by atoms with Crippen LogP contribution in [0.15, 0.2) is 30.5 Å². The Morgan fingerprint density at radius 2 is 1.57 bits per heavy atom. The van der Waals surface area contributed by atoms with Crippen LogP contribution in [-0.2, 0) is 30.4 Å². The number of thioether (sulfide) groups is 1. The van der Waals surface area contributed by atoms with Gasteiger partial charge in [-0.1, -0.05) is 32.0 Å². The van der Waals surface area contributed by atoms with Crippen molar-refractivity contribution in [2.45, 2.75) is 70.1 Å². The van der Waals surface area contributed by atoms with E-state index >= 15 is 0 Å². The number of aromatic amines is 1. The molecular formula is C27H40N6O6S. The molecule has 0 aliphatic carbocycles. The first-order valence-corrected chi connectivity index (χ1v) is 14.5. The van der Waals surface area contributed by atoms with Crippen molar-refractivity contribution >= 4 is 52.3 Å². The molecule has 12 nitrogen and oxygen atoms in total. The van der Waals surface area contributed by atoms with Gasteiger partial charge in [0.2, 0.25) is 23.6 Å². The molecule has 4 amide bonds. The average Bonchev–Trinajstić information content (AvgIpc) is 3.30. The third kappa shape index (κ3) is 10.2. The van der Waals surface area contributed by atoms with E-state index in [4.69, 9.17) is 11.5 Å². The molecule has 2 rings (SSSR count). The first-order chi connectivity index (χ1) is 18.9. The summed E-state index contributed by atoms with van der Waals surface area (Å²) >= 11 is 1.52. The molecule has 1 aromatic carbocycles. The summed E-state index contributed by atoms with van der Waals surface area (Å²) in [4.78, 5) is 65.6. The molecule has 220 valence electrons. The van der Waals surface area contributed by atoms with Crippen molar-refractivity contribution in [2.75, 3.05) is 12.0 Å². The van der Waals surface area contributed by atoms with E-state index in [1.165, 1.54) is 11.8 Å². The number of fused-ring (bicyclic) bond motifs is 1. The van der Waals surface area contributed by atoms with Crippen molar-refractivity contribution in [2.24, 2.45) is 17.4 Å². The molecule has 40 heavy (non-hydrogen) atoms. The molecule has 0 radical (unpaired) electrons. The first kappa shape index (κ1) is 32.6. The summed E-state index contributed by atoms with van der Waals surface area (Å²) in [6.07, 6.45) is 3.95. The highest BCUT2D eigenvalue weighted by atomic mass is 32.2. The number of para-hydroxylation sites is 1. The number of carboxylic acid groups (broad SMARTS) is 1. The van der Waals surface area contributed by atoms with E-state index in [9.17, 15) is 29.1 Å². The fraction of sp³-hybridized carbons (Fsp3) is 0.519. The minimum absolute atomic E-state index is 0.0264. The number of amides is 4.